The van der Waals surface area contributed by atoms with Crippen molar-refractivity contribution in [3.8, 4) is 0 Å². The zero-order valence-electron chi connectivity index (χ0n) is 9.78. The molecule has 1 heterocycles. The average molecular weight is 230 g/mol. The van der Waals surface area contributed by atoms with E-state index in [9.17, 15) is 0 Å². The van der Waals surface area contributed by atoms with Crippen molar-refractivity contribution < 1.29 is 0 Å². The molecule has 0 N–H and O–H groups in total. The van der Waals surface area contributed by atoms with Gasteiger partial charge >= 0.3 is 0 Å². The van der Waals surface area contributed by atoms with E-state index in [4.69, 9.17) is 11.6 Å². The van der Waals surface area contributed by atoms with Crippen LogP contribution in [-0.2, 0) is 13.0 Å². The molecule has 0 aliphatic carbocycles. The summed E-state index contributed by atoms with van der Waals surface area (Å²) in [6, 6.07) is 0. The fraction of sp³-hybridized carbons (Fsp3) is 0.818. The van der Waals surface area contributed by atoms with E-state index in [1.165, 1.54) is 5.69 Å². The van der Waals surface area contributed by atoms with Crippen molar-refractivity contribution in [3.63, 3.8) is 0 Å². The number of aryl methyl sites for hydroxylation is 2. The van der Waals surface area contributed by atoms with Crippen LogP contribution in [0.1, 0.15) is 39.3 Å². The molecule has 3 nitrogen and oxygen atoms in total. The summed E-state index contributed by atoms with van der Waals surface area (Å²) in [4.78, 5) is 0. The second kappa shape index (κ2) is 6.11. The highest BCUT2D eigenvalue weighted by molar-refractivity contribution is 6.20. The first kappa shape index (κ1) is 12.5. The second-order valence-electron chi connectivity index (χ2n) is 4.25. The van der Waals surface area contributed by atoms with Crippen molar-refractivity contribution in [2.45, 2.75) is 52.0 Å². The molecule has 0 aliphatic heterocycles. The molecule has 0 aromatic carbocycles. The Balaban J connectivity index is 2.46. The van der Waals surface area contributed by atoms with Crippen LogP contribution in [0.2, 0.25) is 0 Å². The minimum atomic E-state index is 0.245. The van der Waals surface area contributed by atoms with Crippen LogP contribution in [0.25, 0.3) is 0 Å². The summed E-state index contributed by atoms with van der Waals surface area (Å²) in [5.41, 5.74) is 1.20. The predicted molar refractivity (Wildman–Crippen MR) is 63.1 cm³/mol. The number of hydrogen-bond acceptors (Lipinski definition) is 2. The van der Waals surface area contributed by atoms with E-state index in [1.54, 1.807) is 0 Å². The minimum Gasteiger partial charge on any atom is -0.249 e. The molecule has 15 heavy (non-hydrogen) atoms. The third-order valence-electron chi connectivity index (χ3n) is 2.53. The number of halogens is 1. The van der Waals surface area contributed by atoms with Crippen molar-refractivity contribution >= 4 is 11.6 Å². The lowest BCUT2D eigenvalue weighted by molar-refractivity contribution is 0.524. The van der Waals surface area contributed by atoms with Crippen LogP contribution < -0.4 is 0 Å². The Morgan fingerprint density at radius 1 is 1.47 bits per heavy atom. The van der Waals surface area contributed by atoms with E-state index in [1.807, 2.05) is 10.9 Å². The lowest BCUT2D eigenvalue weighted by atomic mass is 10.0. The zero-order valence-corrected chi connectivity index (χ0v) is 10.5. The Morgan fingerprint density at radius 2 is 2.20 bits per heavy atom. The maximum Gasteiger partial charge on any atom is 0.0725 e. The molecule has 86 valence electrons. The van der Waals surface area contributed by atoms with Crippen LogP contribution in [0.5, 0.6) is 0 Å². The molecule has 1 rings (SSSR count). The first-order valence-electron chi connectivity index (χ1n) is 5.66. The van der Waals surface area contributed by atoms with E-state index in [0.29, 0.717) is 5.92 Å². The molecule has 4 heteroatoms. The highest BCUT2D eigenvalue weighted by Gasteiger charge is 2.11. The van der Waals surface area contributed by atoms with Gasteiger partial charge in [-0.2, -0.15) is 0 Å². The van der Waals surface area contributed by atoms with Gasteiger partial charge in [-0.15, -0.1) is 16.7 Å². The van der Waals surface area contributed by atoms with Gasteiger partial charge in [0.15, 0.2) is 0 Å². The zero-order chi connectivity index (χ0) is 11.3. The topological polar surface area (TPSA) is 30.7 Å². The maximum atomic E-state index is 6.21. The van der Waals surface area contributed by atoms with Gasteiger partial charge in [0, 0.05) is 11.9 Å². The van der Waals surface area contributed by atoms with Gasteiger partial charge in [0.05, 0.1) is 11.9 Å². The maximum absolute atomic E-state index is 6.21. The molecular weight excluding hydrogens is 210 g/mol. The molecule has 1 aromatic heterocycles. The molecule has 0 saturated carbocycles. The fourth-order valence-corrected chi connectivity index (χ4v) is 1.60. The molecule has 0 saturated heterocycles. The highest BCUT2D eigenvalue weighted by atomic mass is 35.5. The summed E-state index contributed by atoms with van der Waals surface area (Å²) < 4.78 is 1.98. The van der Waals surface area contributed by atoms with E-state index < -0.39 is 0 Å². The SMILES string of the molecule is CCCn1nncc1CCC(Cl)C(C)C. The summed E-state index contributed by atoms with van der Waals surface area (Å²) in [5, 5.41) is 8.23. The van der Waals surface area contributed by atoms with Crippen molar-refractivity contribution in [2.24, 2.45) is 5.92 Å². The smallest absolute Gasteiger partial charge is 0.0725 e. The summed E-state index contributed by atoms with van der Waals surface area (Å²) in [7, 11) is 0. The van der Waals surface area contributed by atoms with Crippen LogP contribution in [0, 0.1) is 5.92 Å². The normalized spacial score (nSPS) is 13.4. The summed E-state index contributed by atoms with van der Waals surface area (Å²) in [5.74, 6) is 0.530. The van der Waals surface area contributed by atoms with Gasteiger partial charge in [0.2, 0.25) is 0 Å². The summed E-state index contributed by atoms with van der Waals surface area (Å²) in [6.07, 6.45) is 4.90. The summed E-state index contributed by atoms with van der Waals surface area (Å²) in [6.45, 7) is 7.40. The van der Waals surface area contributed by atoms with Crippen molar-refractivity contribution in [3.05, 3.63) is 11.9 Å². The third-order valence-corrected chi connectivity index (χ3v) is 3.26. The van der Waals surface area contributed by atoms with E-state index >= 15 is 0 Å². The van der Waals surface area contributed by atoms with Crippen molar-refractivity contribution in [1.29, 1.82) is 0 Å². The largest absolute Gasteiger partial charge is 0.249 e. The molecule has 1 atom stereocenters. The Labute approximate surface area is 96.8 Å². The number of aromatic nitrogens is 3. The molecule has 0 radical (unpaired) electrons. The predicted octanol–water partition coefficient (Wildman–Crippen LogP) is 2.88. The monoisotopic (exact) mass is 229 g/mol. The molecule has 1 aromatic rings. The van der Waals surface area contributed by atoms with Crippen LogP contribution in [0.3, 0.4) is 0 Å². The van der Waals surface area contributed by atoms with Gasteiger partial charge in [0.1, 0.15) is 0 Å². The molecule has 0 spiro atoms. The van der Waals surface area contributed by atoms with Gasteiger partial charge in [-0.3, -0.25) is 0 Å². The average Bonchev–Trinajstić information content (AvgIpc) is 2.62. The van der Waals surface area contributed by atoms with Crippen LogP contribution >= 0.6 is 11.6 Å². The Hall–Kier alpha value is -0.570. The van der Waals surface area contributed by atoms with Gasteiger partial charge in [-0.05, 0) is 25.2 Å². The van der Waals surface area contributed by atoms with Gasteiger partial charge in [-0.25, -0.2) is 4.68 Å². The standard InChI is InChI=1S/C11H20ClN3/c1-4-7-15-10(8-13-14-15)5-6-11(12)9(2)3/h8-9,11H,4-7H2,1-3H3. The lowest BCUT2D eigenvalue weighted by Crippen LogP contribution is -2.11. The van der Waals surface area contributed by atoms with E-state index in [0.717, 1.165) is 25.8 Å². The van der Waals surface area contributed by atoms with Gasteiger partial charge < -0.3 is 0 Å². The first-order valence-corrected chi connectivity index (χ1v) is 6.10. The molecule has 1 unspecified atom stereocenters. The number of rotatable bonds is 6. The van der Waals surface area contributed by atoms with Crippen LogP contribution in [-0.4, -0.2) is 20.4 Å². The Kier molecular flexibility index (Phi) is 5.09. The second-order valence-corrected chi connectivity index (χ2v) is 4.81. The molecule has 0 aliphatic rings. The van der Waals surface area contributed by atoms with Crippen molar-refractivity contribution in [2.75, 3.05) is 0 Å². The van der Waals surface area contributed by atoms with Gasteiger partial charge in [-0.1, -0.05) is 26.0 Å². The Bertz CT molecular complexity index is 283. The molecule has 0 amide bonds. The first-order chi connectivity index (χ1) is 7.15. The number of nitrogens with zero attached hydrogens (tertiary/aromatic N) is 3. The molecule has 0 bridgehead atoms. The van der Waals surface area contributed by atoms with E-state index in [-0.39, 0.29) is 5.38 Å². The van der Waals surface area contributed by atoms with Gasteiger partial charge in [0.25, 0.3) is 0 Å². The number of hydrogen-bond donors (Lipinski definition) is 0. The minimum absolute atomic E-state index is 0.245. The third kappa shape index (κ3) is 3.82. The van der Waals surface area contributed by atoms with Crippen LogP contribution in [0.4, 0.5) is 0 Å². The lowest BCUT2D eigenvalue weighted by Gasteiger charge is -2.12. The number of alkyl halides is 1. The summed E-state index contributed by atoms with van der Waals surface area (Å²) >= 11 is 6.21. The van der Waals surface area contributed by atoms with Crippen molar-refractivity contribution in [1.82, 2.24) is 15.0 Å². The van der Waals surface area contributed by atoms with E-state index in [2.05, 4.69) is 31.1 Å². The van der Waals surface area contributed by atoms with Crippen LogP contribution in [0.15, 0.2) is 6.20 Å². The molecule has 0 fully saturated rings. The highest BCUT2D eigenvalue weighted by Crippen LogP contribution is 2.16. The Morgan fingerprint density at radius 3 is 2.80 bits per heavy atom. The quantitative estimate of drug-likeness (QED) is 0.703. The fourth-order valence-electron chi connectivity index (χ4n) is 1.49. The molecular formula is C11H20ClN3.